The summed E-state index contributed by atoms with van der Waals surface area (Å²) in [7, 11) is 5.72. The number of methoxy groups -OCH3 is 1. The topological polar surface area (TPSA) is 62.4 Å². The molecule has 0 fully saturated rings. The fourth-order valence-corrected chi connectivity index (χ4v) is 2.14. The third kappa shape index (κ3) is 4.42. The summed E-state index contributed by atoms with van der Waals surface area (Å²) >= 11 is 0. The molecular weight excluding hydrogens is 268 g/mol. The molecule has 0 atom stereocenters. The van der Waals surface area contributed by atoms with Crippen molar-refractivity contribution in [1.29, 1.82) is 0 Å². The molecule has 1 heterocycles. The molecule has 21 heavy (non-hydrogen) atoms. The van der Waals surface area contributed by atoms with E-state index in [-0.39, 0.29) is 0 Å². The molecule has 0 bridgehead atoms. The normalized spacial score (nSPS) is 11.4. The van der Waals surface area contributed by atoms with Crippen molar-refractivity contribution in [2.75, 3.05) is 47.5 Å². The first-order valence-electron chi connectivity index (χ1n) is 7.16. The number of aromatic nitrogens is 2. The van der Waals surface area contributed by atoms with Crippen molar-refractivity contribution >= 4 is 10.9 Å². The van der Waals surface area contributed by atoms with Crippen LogP contribution in [0.25, 0.3) is 10.9 Å². The van der Waals surface area contributed by atoms with Crippen LogP contribution in [0.1, 0.15) is 5.69 Å². The second kappa shape index (κ2) is 7.97. The SMILES string of the molecule is CNCCN(C)Cc1n[nH]c2ccc(OCCOC)cc12. The van der Waals surface area contributed by atoms with Gasteiger partial charge in [-0.25, -0.2) is 0 Å². The number of benzene rings is 1. The Morgan fingerprint density at radius 1 is 1.33 bits per heavy atom. The highest BCUT2D eigenvalue weighted by Gasteiger charge is 2.09. The molecule has 0 aliphatic heterocycles. The number of nitrogens with zero attached hydrogens (tertiary/aromatic N) is 2. The van der Waals surface area contributed by atoms with Gasteiger partial charge in [0.15, 0.2) is 0 Å². The third-order valence-electron chi connectivity index (χ3n) is 3.33. The van der Waals surface area contributed by atoms with Gasteiger partial charge in [0.1, 0.15) is 12.4 Å². The minimum absolute atomic E-state index is 0.553. The number of hydrogen-bond donors (Lipinski definition) is 2. The summed E-state index contributed by atoms with van der Waals surface area (Å²) in [6.07, 6.45) is 0. The van der Waals surface area contributed by atoms with Gasteiger partial charge in [0.25, 0.3) is 0 Å². The van der Waals surface area contributed by atoms with E-state index in [9.17, 15) is 0 Å². The van der Waals surface area contributed by atoms with Gasteiger partial charge in [0, 0.05) is 32.1 Å². The van der Waals surface area contributed by atoms with Crippen molar-refractivity contribution in [3.8, 4) is 5.75 Å². The summed E-state index contributed by atoms with van der Waals surface area (Å²) in [5.74, 6) is 0.847. The van der Waals surface area contributed by atoms with Crippen LogP contribution >= 0.6 is 0 Å². The van der Waals surface area contributed by atoms with Gasteiger partial charge < -0.3 is 14.8 Å². The summed E-state index contributed by atoms with van der Waals surface area (Å²) in [6, 6.07) is 5.99. The van der Waals surface area contributed by atoms with Crippen LogP contribution in [0.4, 0.5) is 0 Å². The van der Waals surface area contributed by atoms with E-state index in [4.69, 9.17) is 9.47 Å². The molecule has 6 heteroatoms. The molecule has 1 aromatic heterocycles. The number of ether oxygens (including phenoxy) is 2. The molecule has 0 saturated carbocycles. The Bertz CT molecular complexity index is 556. The maximum atomic E-state index is 5.66. The molecule has 0 unspecified atom stereocenters. The largest absolute Gasteiger partial charge is 0.491 e. The molecule has 0 aliphatic carbocycles. The zero-order chi connectivity index (χ0) is 15.1. The van der Waals surface area contributed by atoms with Gasteiger partial charge in [0.05, 0.1) is 17.8 Å². The maximum absolute atomic E-state index is 5.66. The average molecular weight is 292 g/mol. The zero-order valence-corrected chi connectivity index (χ0v) is 13.0. The van der Waals surface area contributed by atoms with Crippen LogP contribution in [0.5, 0.6) is 5.75 Å². The quantitative estimate of drug-likeness (QED) is 0.681. The number of rotatable bonds is 9. The first kappa shape index (κ1) is 15.8. The molecule has 2 rings (SSSR count). The van der Waals surface area contributed by atoms with Crippen LogP contribution in [0.2, 0.25) is 0 Å². The Morgan fingerprint density at radius 3 is 2.95 bits per heavy atom. The predicted octanol–water partition coefficient (Wildman–Crippen LogP) is 1.24. The smallest absolute Gasteiger partial charge is 0.120 e. The molecule has 0 aliphatic rings. The van der Waals surface area contributed by atoms with Crippen molar-refractivity contribution in [1.82, 2.24) is 20.4 Å². The molecule has 1 aromatic carbocycles. The van der Waals surface area contributed by atoms with Gasteiger partial charge in [-0.15, -0.1) is 0 Å². The van der Waals surface area contributed by atoms with Crippen LogP contribution in [-0.2, 0) is 11.3 Å². The molecule has 0 amide bonds. The highest BCUT2D eigenvalue weighted by molar-refractivity contribution is 5.82. The standard InChI is InChI=1S/C15H24N4O2/c1-16-6-7-19(2)11-15-13-10-12(21-9-8-20-3)4-5-14(13)17-18-15/h4-5,10,16H,6-9,11H2,1-3H3,(H,17,18). The van der Waals surface area contributed by atoms with E-state index in [0.717, 1.165) is 42.0 Å². The van der Waals surface area contributed by atoms with Gasteiger partial charge in [-0.2, -0.15) is 5.10 Å². The number of hydrogen-bond acceptors (Lipinski definition) is 5. The Kier molecular flexibility index (Phi) is 5.98. The Hall–Kier alpha value is -1.63. The second-order valence-electron chi connectivity index (χ2n) is 5.06. The Labute approximate surface area is 125 Å². The van der Waals surface area contributed by atoms with Gasteiger partial charge in [-0.05, 0) is 32.3 Å². The summed E-state index contributed by atoms with van der Waals surface area (Å²) in [5.41, 5.74) is 2.08. The number of aromatic amines is 1. The van der Waals surface area contributed by atoms with Crippen LogP contribution < -0.4 is 10.1 Å². The molecule has 2 aromatic rings. The lowest BCUT2D eigenvalue weighted by atomic mass is 10.2. The monoisotopic (exact) mass is 292 g/mol. The fraction of sp³-hybridized carbons (Fsp3) is 0.533. The molecular formula is C15H24N4O2. The van der Waals surface area contributed by atoms with Crippen molar-refractivity contribution in [2.45, 2.75) is 6.54 Å². The van der Waals surface area contributed by atoms with Crippen molar-refractivity contribution < 1.29 is 9.47 Å². The minimum atomic E-state index is 0.553. The highest BCUT2D eigenvalue weighted by Crippen LogP contribution is 2.22. The highest BCUT2D eigenvalue weighted by atomic mass is 16.5. The van der Waals surface area contributed by atoms with E-state index in [1.54, 1.807) is 7.11 Å². The van der Waals surface area contributed by atoms with Gasteiger partial charge in [-0.1, -0.05) is 0 Å². The Balaban J connectivity index is 2.07. The third-order valence-corrected chi connectivity index (χ3v) is 3.33. The van der Waals surface area contributed by atoms with Crippen LogP contribution in [0.15, 0.2) is 18.2 Å². The molecule has 0 radical (unpaired) electrons. The lowest BCUT2D eigenvalue weighted by molar-refractivity contribution is 0.146. The molecule has 0 spiro atoms. The zero-order valence-electron chi connectivity index (χ0n) is 13.0. The van der Waals surface area contributed by atoms with E-state index in [1.165, 1.54) is 0 Å². The molecule has 2 N–H and O–H groups in total. The maximum Gasteiger partial charge on any atom is 0.120 e. The number of likely N-dealkylation sites (N-methyl/N-ethyl adjacent to an activating group) is 2. The average Bonchev–Trinajstić information content (AvgIpc) is 2.88. The molecule has 116 valence electrons. The van der Waals surface area contributed by atoms with Crippen molar-refractivity contribution in [3.05, 3.63) is 23.9 Å². The Morgan fingerprint density at radius 2 is 2.19 bits per heavy atom. The van der Waals surface area contributed by atoms with E-state index >= 15 is 0 Å². The number of fused-ring (bicyclic) bond motifs is 1. The van der Waals surface area contributed by atoms with Crippen molar-refractivity contribution in [3.63, 3.8) is 0 Å². The first-order valence-corrected chi connectivity index (χ1v) is 7.16. The van der Waals surface area contributed by atoms with Gasteiger partial charge in [0.2, 0.25) is 0 Å². The van der Waals surface area contributed by atoms with E-state index < -0.39 is 0 Å². The molecule has 0 saturated heterocycles. The minimum Gasteiger partial charge on any atom is -0.491 e. The predicted molar refractivity (Wildman–Crippen MR) is 83.7 cm³/mol. The van der Waals surface area contributed by atoms with Crippen LogP contribution in [0, 0.1) is 0 Å². The van der Waals surface area contributed by atoms with Crippen LogP contribution in [0.3, 0.4) is 0 Å². The van der Waals surface area contributed by atoms with Gasteiger partial charge >= 0.3 is 0 Å². The lowest BCUT2D eigenvalue weighted by Gasteiger charge is -2.14. The van der Waals surface area contributed by atoms with E-state index in [1.807, 2.05) is 25.2 Å². The van der Waals surface area contributed by atoms with E-state index in [2.05, 4.69) is 27.5 Å². The number of nitrogens with one attached hydrogen (secondary N) is 2. The second-order valence-corrected chi connectivity index (χ2v) is 5.06. The summed E-state index contributed by atoms with van der Waals surface area (Å²) in [4.78, 5) is 2.24. The van der Waals surface area contributed by atoms with Gasteiger partial charge in [-0.3, -0.25) is 10.00 Å². The van der Waals surface area contributed by atoms with E-state index in [0.29, 0.717) is 13.2 Å². The lowest BCUT2D eigenvalue weighted by Crippen LogP contribution is -2.27. The summed E-state index contributed by atoms with van der Waals surface area (Å²) in [5, 5.41) is 11.7. The fourth-order valence-electron chi connectivity index (χ4n) is 2.14. The number of H-pyrrole nitrogens is 1. The summed E-state index contributed by atoms with van der Waals surface area (Å²) in [6.45, 7) is 3.89. The molecule has 6 nitrogen and oxygen atoms in total. The van der Waals surface area contributed by atoms with Crippen LogP contribution in [-0.4, -0.2) is 62.6 Å². The first-order chi connectivity index (χ1) is 10.2. The van der Waals surface area contributed by atoms with Crippen molar-refractivity contribution in [2.24, 2.45) is 0 Å². The summed E-state index contributed by atoms with van der Waals surface area (Å²) < 4.78 is 10.7.